The number of aliphatic hydroxyl groups excluding tert-OH is 1. The molecule has 0 saturated carbocycles. The summed E-state index contributed by atoms with van der Waals surface area (Å²) in [6.45, 7) is 26.9. The molecule has 2 rings (SSSR count). The number of amides is 18. The quantitative estimate of drug-likeness (QED) is 0.0259. The van der Waals surface area contributed by atoms with Crippen LogP contribution in [0.3, 0.4) is 0 Å². The average molecular weight is 2030 g/mol. The molecule has 36 N–H and O–H groups in total. The molecule has 18 amide bonds. The maximum Gasteiger partial charge on any atom is 0.246 e. The van der Waals surface area contributed by atoms with E-state index in [4.69, 9.17) is 57.3 Å². The van der Waals surface area contributed by atoms with Crippen LogP contribution in [0.4, 0.5) is 0 Å². The molecule has 0 aromatic rings. The summed E-state index contributed by atoms with van der Waals surface area (Å²) in [5.74, 6) is -17.7. The minimum atomic E-state index is -1.75. The molecule has 2 fully saturated rings. The smallest absolute Gasteiger partial charge is 0.246 e. The number of aliphatic hydroxyl groups is 1. The van der Waals surface area contributed by atoms with Gasteiger partial charge in [0.25, 0.3) is 0 Å². The summed E-state index contributed by atoms with van der Waals surface area (Å²) in [5.41, 5.74) is 58.3. The first-order valence-corrected chi connectivity index (χ1v) is 52.1. The van der Waals surface area contributed by atoms with Crippen LogP contribution in [-0.2, 0) is 86.3 Å². The summed E-state index contributed by atoms with van der Waals surface area (Å²) in [7, 11) is 0. The fourth-order valence-electron chi connectivity index (χ4n) is 16.9. The molecule has 0 aliphatic carbocycles. The first kappa shape index (κ1) is 129. The number of nitrogens with zero attached hydrogens (tertiary/aromatic N) is 2. The van der Waals surface area contributed by atoms with Gasteiger partial charge in [-0.1, -0.05) is 103 Å². The molecule has 19 atom stereocenters. The Kier molecular flexibility index (Phi) is 62.5. The van der Waals surface area contributed by atoms with Crippen molar-refractivity contribution in [2.45, 2.75) is 398 Å². The predicted octanol–water partition coefficient (Wildman–Crippen LogP) is -3.94. The van der Waals surface area contributed by atoms with E-state index in [1.54, 1.807) is 96.9 Å². The van der Waals surface area contributed by atoms with Gasteiger partial charge in [-0.2, -0.15) is 0 Å². The summed E-state index contributed by atoms with van der Waals surface area (Å²) in [6, 6.07) is -22.8. The molecule has 0 aromatic carbocycles. The number of rotatable bonds is 73. The standard InChI is InChI=1S/C97H183N27O19/c1-54(2)72(115-81(127)62(106)34-16-24-44-98)90(136)109-64(36-18-26-46-100)83(129)117-74(56(5)6)92(138)111-67(39-21-29-49-103)85(131)119-77(59(11)12)94(140)113-69(41-23-31-51-105)87(133)121-78(60(13)14)97(143)124-53-33-43-71(124)96(142)123-52-32-42-70(123)88(134)122-79(61(15)125)95(141)114-68(40-22-30-50-104)86(132)120-76(58(9)10)93(139)112-66(38-20-28-48-102)84(130)118-75(57(7)8)91(137)110-65(37-19-27-47-101)82(128)116-73(55(3)4)89(135)108-63(80(107)126)35-17-25-45-99/h54-79,125H,16-53,98-106H2,1-15H3,(H2,107,126)(H,108,135)(H,109,136)(H,110,137)(H,111,138)(H,112,139)(H,113,140)(H,114,141)(H,115,127)(H,116,128)(H,117,129)(H,118,130)(H,119,131)(H,120,132)(H,121,133)(H,122,134)/t61-,62+,63+,64+,65+,66+,67+,68+,69+,70+,71+,72+,73+,74+,75+,76+,77+,78+,79+/m1/s1. The second kappa shape index (κ2) is 69.2. The highest BCUT2D eigenvalue weighted by atomic mass is 16.3. The highest BCUT2D eigenvalue weighted by Crippen LogP contribution is 2.28. The lowest BCUT2D eigenvalue weighted by atomic mass is 9.98. The van der Waals surface area contributed by atoms with E-state index in [1.807, 2.05) is 0 Å². The Morgan fingerprint density at radius 1 is 0.252 bits per heavy atom. The van der Waals surface area contributed by atoms with Crippen molar-refractivity contribution >= 4 is 106 Å². The summed E-state index contributed by atoms with van der Waals surface area (Å²) < 4.78 is 0. The minimum absolute atomic E-state index is 0.00750. The Bertz CT molecular complexity index is 3980. The number of nitrogens with two attached hydrogens (primary N) is 10. The normalized spacial score (nSPS) is 17.3. The first-order valence-electron chi connectivity index (χ1n) is 52.1. The van der Waals surface area contributed by atoms with Gasteiger partial charge >= 0.3 is 0 Å². The Labute approximate surface area is 846 Å². The van der Waals surface area contributed by atoms with Crippen LogP contribution in [0.1, 0.15) is 284 Å². The number of nitrogens with one attached hydrogen (secondary N) is 15. The zero-order valence-corrected chi connectivity index (χ0v) is 87.8. The number of primary amides is 1. The highest BCUT2D eigenvalue weighted by Gasteiger charge is 2.47. The fourth-order valence-corrected chi connectivity index (χ4v) is 16.9. The number of unbranched alkanes of at least 4 members (excludes halogenated alkanes) is 8. The van der Waals surface area contributed by atoms with Crippen LogP contribution >= 0.6 is 0 Å². The van der Waals surface area contributed by atoms with Crippen molar-refractivity contribution in [3.8, 4) is 0 Å². The van der Waals surface area contributed by atoms with Crippen LogP contribution < -0.4 is 137 Å². The van der Waals surface area contributed by atoms with Gasteiger partial charge in [-0.15, -0.1) is 0 Å². The Morgan fingerprint density at radius 3 is 0.699 bits per heavy atom. The Morgan fingerprint density at radius 2 is 0.462 bits per heavy atom. The molecule has 0 unspecified atom stereocenters. The maximum atomic E-state index is 15.1. The van der Waals surface area contributed by atoms with Gasteiger partial charge < -0.3 is 152 Å². The molecule has 2 aliphatic rings. The largest absolute Gasteiger partial charge is 0.391 e. The lowest BCUT2D eigenvalue weighted by Crippen LogP contribution is -2.62. The van der Waals surface area contributed by atoms with Gasteiger partial charge in [0.2, 0.25) is 106 Å². The van der Waals surface area contributed by atoms with E-state index in [2.05, 4.69) is 79.8 Å². The van der Waals surface area contributed by atoms with E-state index in [-0.39, 0.29) is 117 Å². The molecule has 46 nitrogen and oxygen atoms in total. The first-order chi connectivity index (χ1) is 67.6. The molecule has 0 radical (unpaired) electrons. The summed E-state index contributed by atoms with van der Waals surface area (Å²) in [4.78, 5) is 261. The van der Waals surface area contributed by atoms with E-state index >= 15 is 9.59 Å². The van der Waals surface area contributed by atoms with Gasteiger partial charge in [-0.25, -0.2) is 0 Å². The molecular weight excluding hydrogens is 1850 g/mol. The molecule has 2 heterocycles. The molecule has 2 saturated heterocycles. The van der Waals surface area contributed by atoms with Crippen molar-refractivity contribution in [2.24, 2.45) is 98.8 Å². The van der Waals surface area contributed by atoms with Crippen molar-refractivity contribution in [1.82, 2.24) is 89.6 Å². The van der Waals surface area contributed by atoms with E-state index in [0.29, 0.717) is 129 Å². The van der Waals surface area contributed by atoms with Gasteiger partial charge in [-0.3, -0.25) is 86.3 Å². The summed E-state index contributed by atoms with van der Waals surface area (Å²) >= 11 is 0. The van der Waals surface area contributed by atoms with Crippen LogP contribution in [0, 0.1) is 41.4 Å². The van der Waals surface area contributed by atoms with Gasteiger partial charge in [-0.05, 0) is 274 Å². The van der Waals surface area contributed by atoms with Gasteiger partial charge in [0.05, 0.1) is 12.1 Å². The zero-order valence-electron chi connectivity index (χ0n) is 87.8. The molecule has 820 valence electrons. The second-order valence-electron chi connectivity index (χ2n) is 40.4. The monoisotopic (exact) mass is 2030 g/mol. The third-order valence-electron chi connectivity index (χ3n) is 25.8. The van der Waals surface area contributed by atoms with Crippen molar-refractivity contribution in [2.75, 3.05) is 65.4 Å². The topological polar surface area (TPSA) is 775 Å². The van der Waals surface area contributed by atoms with Gasteiger partial charge in [0.15, 0.2) is 0 Å². The number of hydrogen-bond acceptors (Lipinski definition) is 28. The van der Waals surface area contributed by atoms with Crippen molar-refractivity contribution < 1.29 is 91.4 Å². The Hall–Kier alpha value is -9.94. The summed E-state index contributed by atoms with van der Waals surface area (Å²) in [5, 5.41) is 52.4. The van der Waals surface area contributed by atoms with Gasteiger partial charge in [0.1, 0.15) is 103 Å². The average Bonchev–Trinajstić information content (AvgIpc) is 1.65. The van der Waals surface area contributed by atoms with Crippen molar-refractivity contribution in [3.05, 3.63) is 0 Å². The Balaban J connectivity index is 2.46. The minimum Gasteiger partial charge on any atom is -0.391 e. The lowest BCUT2D eigenvalue weighted by molar-refractivity contribution is -0.149. The van der Waals surface area contributed by atoms with Crippen molar-refractivity contribution in [3.63, 3.8) is 0 Å². The molecule has 143 heavy (non-hydrogen) atoms. The van der Waals surface area contributed by atoms with E-state index in [0.717, 1.165) is 0 Å². The number of hydrogen-bond donors (Lipinski definition) is 26. The third kappa shape index (κ3) is 45.3. The second-order valence-corrected chi connectivity index (χ2v) is 40.4. The maximum absolute atomic E-state index is 15.1. The van der Waals surface area contributed by atoms with Crippen LogP contribution in [0.2, 0.25) is 0 Å². The number of carbonyl (C=O) groups excluding carboxylic acids is 18. The van der Waals surface area contributed by atoms with Crippen LogP contribution in [0.15, 0.2) is 0 Å². The molecule has 0 aromatic heterocycles. The van der Waals surface area contributed by atoms with Crippen LogP contribution in [0.25, 0.3) is 0 Å². The van der Waals surface area contributed by atoms with E-state index < -0.39 is 263 Å². The number of likely N-dealkylation sites (tertiary alicyclic amines) is 2. The lowest BCUT2D eigenvalue weighted by Gasteiger charge is -2.35. The molecule has 0 bridgehead atoms. The zero-order chi connectivity index (χ0) is 108. The van der Waals surface area contributed by atoms with Crippen LogP contribution in [0.5, 0.6) is 0 Å². The third-order valence-corrected chi connectivity index (χ3v) is 25.8. The molecule has 0 spiro atoms. The van der Waals surface area contributed by atoms with Crippen LogP contribution in [-0.4, -0.2) is 302 Å². The van der Waals surface area contributed by atoms with E-state index in [9.17, 15) is 81.8 Å². The predicted molar refractivity (Wildman–Crippen MR) is 544 cm³/mol. The van der Waals surface area contributed by atoms with Gasteiger partial charge in [0, 0.05) is 13.1 Å². The summed E-state index contributed by atoms with van der Waals surface area (Å²) in [6.07, 6.45) is 6.95. The number of carbonyl (C=O) groups is 18. The molecule has 2 aliphatic heterocycles. The SMILES string of the molecule is CC(C)[C@H](NC(=O)[C@H](CCCCN)NC(=O)[C@@H](NC(=O)[C@H](CCCCN)NC(=O)[C@@H](NC(=O)[C@H](CCCCN)NC(=O)[C@@H](NC(=O)[C@@H]1CCCN1C(=O)[C@@H]1CCCN1C(=O)[C@@H](NC(=O)[C@H](CCCCN)NC(=O)[C@@H](NC(=O)[C@H](CCCCN)NC(=O)[C@@H](NC(=O)[C@H](CCCCN)NC(=O)[C@@H](NC(=O)[C@@H](N)CCCCN)C(C)C)C(C)C)C(C)C)C(C)C)[C@@H](C)O)C(C)C)C(C)C)C(=O)N[C@@H](CCCCN)C(N)=O. The van der Waals surface area contributed by atoms with E-state index in [1.165, 1.54) is 16.7 Å². The van der Waals surface area contributed by atoms with Crippen molar-refractivity contribution in [1.29, 1.82) is 0 Å². The molecular formula is C97H183N27O19. The molecule has 46 heteroatoms. The highest BCUT2D eigenvalue weighted by molar-refractivity contribution is 6.02. The fraction of sp³-hybridized carbons (Fsp3) is 0.814.